The minimum Gasteiger partial charge on any atom is -0.465 e. The lowest BCUT2D eigenvalue weighted by atomic mass is 9.92. The summed E-state index contributed by atoms with van der Waals surface area (Å²) in [6.45, 7) is 5.86. The van der Waals surface area contributed by atoms with Crippen LogP contribution in [0.25, 0.3) is 5.65 Å². The summed E-state index contributed by atoms with van der Waals surface area (Å²) in [5.74, 6) is 0.828. The van der Waals surface area contributed by atoms with E-state index >= 15 is 0 Å². The number of carbonyl (C=O) groups is 2. The van der Waals surface area contributed by atoms with E-state index in [2.05, 4.69) is 38.9 Å². The summed E-state index contributed by atoms with van der Waals surface area (Å²) in [6.07, 6.45) is 4.30. The van der Waals surface area contributed by atoms with Crippen molar-refractivity contribution in [2.24, 2.45) is 11.8 Å². The molecule has 0 spiro atoms. The van der Waals surface area contributed by atoms with E-state index in [1.165, 1.54) is 11.5 Å². The summed E-state index contributed by atoms with van der Waals surface area (Å²) >= 11 is 0. The standard InChI is InChI=1S/C22H26N6O4/c1-14-10-15(2)12-26(11-14)19-20-25-28(22(31)27(20)9-8-23-19)13-18(29)24-17-6-4-16(5-7-17)21(30)32-3/h4-9,14-15H,10-13H2,1-3H3,(H,24,29)/t14-,15+. The van der Waals surface area contributed by atoms with Gasteiger partial charge in [0.1, 0.15) is 6.54 Å². The molecular weight excluding hydrogens is 412 g/mol. The number of hydrogen-bond acceptors (Lipinski definition) is 7. The molecule has 1 amide bonds. The fraction of sp³-hybridized carbons (Fsp3) is 0.409. The van der Waals surface area contributed by atoms with Gasteiger partial charge in [0.25, 0.3) is 0 Å². The maximum atomic E-state index is 12.8. The first-order valence-corrected chi connectivity index (χ1v) is 10.5. The third kappa shape index (κ3) is 4.34. The Balaban J connectivity index is 1.53. The van der Waals surface area contributed by atoms with Crippen molar-refractivity contribution < 1.29 is 14.3 Å². The number of benzene rings is 1. The molecule has 1 fully saturated rings. The first kappa shape index (κ1) is 21.5. The van der Waals surface area contributed by atoms with Gasteiger partial charge in [-0.1, -0.05) is 13.8 Å². The van der Waals surface area contributed by atoms with Crippen LogP contribution in [0, 0.1) is 11.8 Å². The van der Waals surface area contributed by atoms with Gasteiger partial charge in [0.2, 0.25) is 11.6 Å². The molecule has 1 aliphatic heterocycles. The smallest absolute Gasteiger partial charge is 0.350 e. The number of aromatic nitrogens is 4. The molecule has 32 heavy (non-hydrogen) atoms. The molecule has 0 radical (unpaired) electrons. The van der Waals surface area contributed by atoms with E-state index in [0.29, 0.717) is 34.6 Å². The highest BCUT2D eigenvalue weighted by molar-refractivity contribution is 5.92. The molecular formula is C22H26N6O4. The van der Waals surface area contributed by atoms with Crippen molar-refractivity contribution in [1.82, 2.24) is 19.2 Å². The normalized spacial score (nSPS) is 18.5. The van der Waals surface area contributed by atoms with Crippen molar-refractivity contribution >= 4 is 29.0 Å². The van der Waals surface area contributed by atoms with Crippen LogP contribution in [-0.4, -0.2) is 51.2 Å². The van der Waals surface area contributed by atoms with Gasteiger partial charge in [-0.2, -0.15) is 0 Å². The largest absolute Gasteiger partial charge is 0.465 e. The number of nitrogens with zero attached hydrogens (tertiary/aromatic N) is 5. The lowest BCUT2D eigenvalue weighted by Crippen LogP contribution is -2.39. The number of hydrogen-bond donors (Lipinski definition) is 1. The van der Waals surface area contributed by atoms with E-state index in [9.17, 15) is 14.4 Å². The quantitative estimate of drug-likeness (QED) is 0.605. The van der Waals surface area contributed by atoms with Gasteiger partial charge < -0.3 is 15.0 Å². The van der Waals surface area contributed by atoms with Crippen LogP contribution in [0.15, 0.2) is 41.5 Å². The first-order valence-electron chi connectivity index (χ1n) is 10.5. The Kier molecular flexibility index (Phi) is 5.93. The number of methoxy groups -OCH3 is 1. The zero-order chi connectivity index (χ0) is 22.8. The highest BCUT2D eigenvalue weighted by atomic mass is 16.5. The second kappa shape index (κ2) is 8.81. The lowest BCUT2D eigenvalue weighted by Gasteiger charge is -2.35. The highest BCUT2D eigenvalue weighted by Gasteiger charge is 2.26. The second-order valence-electron chi connectivity index (χ2n) is 8.35. The minimum absolute atomic E-state index is 0.245. The SMILES string of the molecule is COC(=O)c1ccc(NC(=O)Cn2nc3c(N4C[C@H](C)C[C@H](C)C4)nccn3c2=O)cc1. The zero-order valence-corrected chi connectivity index (χ0v) is 18.3. The molecule has 3 aromatic rings. The number of nitrogens with one attached hydrogen (secondary N) is 1. The maximum Gasteiger partial charge on any atom is 0.350 e. The molecule has 10 nitrogen and oxygen atoms in total. The van der Waals surface area contributed by atoms with E-state index in [1.807, 2.05) is 0 Å². The molecule has 0 bridgehead atoms. The number of carbonyl (C=O) groups excluding carboxylic acids is 2. The van der Waals surface area contributed by atoms with Gasteiger partial charge in [-0.25, -0.2) is 23.7 Å². The van der Waals surface area contributed by atoms with Gasteiger partial charge in [0.05, 0.1) is 12.7 Å². The molecule has 4 rings (SSSR count). The van der Waals surface area contributed by atoms with E-state index < -0.39 is 17.6 Å². The third-order valence-corrected chi connectivity index (χ3v) is 5.53. The topological polar surface area (TPSA) is 111 Å². The van der Waals surface area contributed by atoms with Crippen LogP contribution >= 0.6 is 0 Å². The second-order valence-corrected chi connectivity index (χ2v) is 8.35. The number of rotatable bonds is 5. The van der Waals surface area contributed by atoms with Crippen LogP contribution in [0.2, 0.25) is 0 Å². The number of anilines is 2. The molecule has 10 heteroatoms. The van der Waals surface area contributed by atoms with Crippen molar-refractivity contribution in [1.29, 1.82) is 0 Å². The number of piperidine rings is 1. The molecule has 2 aromatic heterocycles. The molecule has 168 valence electrons. The molecule has 3 heterocycles. The van der Waals surface area contributed by atoms with Crippen LogP contribution in [0.3, 0.4) is 0 Å². The molecule has 1 saturated heterocycles. The molecule has 0 saturated carbocycles. The Bertz CT molecular complexity index is 1190. The first-order chi connectivity index (χ1) is 15.4. The van der Waals surface area contributed by atoms with Crippen LogP contribution in [0.4, 0.5) is 11.5 Å². The number of ether oxygens (including phenoxy) is 1. The van der Waals surface area contributed by atoms with Crippen LogP contribution < -0.4 is 15.9 Å². The van der Waals surface area contributed by atoms with Gasteiger partial charge >= 0.3 is 11.7 Å². The van der Waals surface area contributed by atoms with Gasteiger partial charge in [-0.3, -0.25) is 4.79 Å². The average Bonchev–Trinajstić information content (AvgIpc) is 3.08. The highest BCUT2D eigenvalue weighted by Crippen LogP contribution is 2.26. The lowest BCUT2D eigenvalue weighted by molar-refractivity contribution is -0.117. The van der Waals surface area contributed by atoms with Crippen LogP contribution in [0.5, 0.6) is 0 Å². The molecule has 1 aromatic carbocycles. The van der Waals surface area contributed by atoms with E-state index in [4.69, 9.17) is 0 Å². The van der Waals surface area contributed by atoms with Gasteiger partial charge in [0.15, 0.2) is 5.82 Å². The summed E-state index contributed by atoms with van der Waals surface area (Å²) in [5.41, 5.74) is 0.911. The van der Waals surface area contributed by atoms with E-state index in [-0.39, 0.29) is 6.54 Å². The molecule has 1 aliphatic rings. The maximum absolute atomic E-state index is 12.8. The molecule has 1 N–H and O–H groups in total. The van der Waals surface area contributed by atoms with Crippen molar-refractivity contribution in [2.45, 2.75) is 26.8 Å². The predicted octanol–water partition coefficient (Wildman–Crippen LogP) is 1.80. The Labute approximate surface area is 184 Å². The van der Waals surface area contributed by atoms with Gasteiger partial charge in [-0.15, -0.1) is 5.10 Å². The Morgan fingerprint density at radius 3 is 2.50 bits per heavy atom. The van der Waals surface area contributed by atoms with Crippen molar-refractivity contribution in [2.75, 3.05) is 30.4 Å². The monoisotopic (exact) mass is 438 g/mol. The van der Waals surface area contributed by atoms with Gasteiger partial charge in [0, 0.05) is 31.2 Å². The number of fused-ring (bicyclic) bond motifs is 1. The van der Waals surface area contributed by atoms with Crippen LogP contribution in [-0.2, 0) is 16.1 Å². The minimum atomic E-state index is -0.457. The van der Waals surface area contributed by atoms with Gasteiger partial charge in [-0.05, 0) is 42.5 Å². The summed E-state index contributed by atoms with van der Waals surface area (Å²) in [7, 11) is 1.30. The summed E-state index contributed by atoms with van der Waals surface area (Å²) in [5, 5.41) is 7.12. The van der Waals surface area contributed by atoms with Crippen molar-refractivity contribution in [3.05, 3.63) is 52.7 Å². The summed E-state index contributed by atoms with van der Waals surface area (Å²) < 4.78 is 7.22. The summed E-state index contributed by atoms with van der Waals surface area (Å²) in [4.78, 5) is 43.5. The van der Waals surface area contributed by atoms with Crippen molar-refractivity contribution in [3.63, 3.8) is 0 Å². The zero-order valence-electron chi connectivity index (χ0n) is 18.3. The van der Waals surface area contributed by atoms with E-state index in [1.54, 1.807) is 36.7 Å². The predicted molar refractivity (Wildman–Crippen MR) is 119 cm³/mol. The summed E-state index contributed by atoms with van der Waals surface area (Å²) in [6, 6.07) is 6.29. The molecule has 0 unspecified atom stereocenters. The Morgan fingerprint density at radius 1 is 1.16 bits per heavy atom. The third-order valence-electron chi connectivity index (χ3n) is 5.53. The molecule has 0 aliphatic carbocycles. The van der Waals surface area contributed by atoms with Crippen LogP contribution in [0.1, 0.15) is 30.6 Å². The number of esters is 1. The van der Waals surface area contributed by atoms with Crippen molar-refractivity contribution in [3.8, 4) is 0 Å². The average molecular weight is 438 g/mol. The van der Waals surface area contributed by atoms with E-state index in [0.717, 1.165) is 24.2 Å². The fourth-order valence-corrected chi connectivity index (χ4v) is 4.24. The Morgan fingerprint density at radius 2 is 1.84 bits per heavy atom. The fourth-order valence-electron chi connectivity index (χ4n) is 4.24. The Hall–Kier alpha value is -3.69. The number of amides is 1. The molecule has 2 atom stereocenters.